The molecule has 16 heavy (non-hydrogen) atoms. The maximum absolute atomic E-state index is 4.72. The lowest BCUT2D eigenvalue weighted by molar-refractivity contribution is 0.892. The second-order valence-corrected chi connectivity index (χ2v) is 4.80. The van der Waals surface area contributed by atoms with Crippen LogP contribution in [0.4, 0.5) is 0 Å². The second-order valence-electron chi connectivity index (χ2n) is 4.80. The maximum atomic E-state index is 4.72. The summed E-state index contributed by atoms with van der Waals surface area (Å²) in [4.78, 5) is 4.72. The summed E-state index contributed by atoms with van der Waals surface area (Å²) in [6.07, 6.45) is 7.36. The van der Waals surface area contributed by atoms with Gasteiger partial charge in [-0.2, -0.15) is 0 Å². The monoisotopic (exact) mass is 207 g/mol. The average Bonchev–Trinajstić information content (AvgIpc) is 2.88. The zero-order valence-corrected chi connectivity index (χ0v) is 9.16. The SMILES string of the molecule is C1=C2N=c3ccccc3=C2CC2=C1CCC2. The van der Waals surface area contributed by atoms with Crippen molar-refractivity contribution in [1.29, 1.82) is 0 Å². The Morgan fingerprint density at radius 2 is 2.00 bits per heavy atom. The summed E-state index contributed by atoms with van der Waals surface area (Å²) in [7, 11) is 0. The molecule has 1 heterocycles. The van der Waals surface area contributed by atoms with Crippen LogP contribution in [0, 0.1) is 0 Å². The van der Waals surface area contributed by atoms with Gasteiger partial charge in [0.1, 0.15) is 0 Å². The van der Waals surface area contributed by atoms with E-state index in [9.17, 15) is 0 Å². The highest BCUT2D eigenvalue weighted by Crippen LogP contribution is 2.39. The van der Waals surface area contributed by atoms with Gasteiger partial charge >= 0.3 is 0 Å². The van der Waals surface area contributed by atoms with Gasteiger partial charge < -0.3 is 0 Å². The minimum Gasteiger partial charge on any atom is -0.248 e. The molecule has 0 saturated heterocycles. The van der Waals surface area contributed by atoms with Gasteiger partial charge in [-0.25, -0.2) is 4.99 Å². The minimum atomic E-state index is 1.14. The highest BCUT2D eigenvalue weighted by molar-refractivity contribution is 5.72. The van der Waals surface area contributed by atoms with E-state index < -0.39 is 0 Å². The number of rotatable bonds is 0. The van der Waals surface area contributed by atoms with Crippen LogP contribution in [0.25, 0.3) is 5.57 Å². The summed E-state index contributed by atoms with van der Waals surface area (Å²) in [6.45, 7) is 0. The predicted molar refractivity (Wildman–Crippen MR) is 64.2 cm³/mol. The molecule has 1 aromatic rings. The van der Waals surface area contributed by atoms with Crippen molar-refractivity contribution < 1.29 is 0 Å². The highest BCUT2D eigenvalue weighted by atomic mass is 14.8. The van der Waals surface area contributed by atoms with Crippen LogP contribution in [0.1, 0.15) is 25.7 Å². The van der Waals surface area contributed by atoms with Gasteiger partial charge in [-0.1, -0.05) is 23.8 Å². The molecule has 1 nitrogen and oxygen atoms in total. The topological polar surface area (TPSA) is 12.4 Å². The molecule has 0 N–H and O–H groups in total. The molecule has 78 valence electrons. The van der Waals surface area contributed by atoms with Gasteiger partial charge in [0.2, 0.25) is 0 Å². The summed E-state index contributed by atoms with van der Waals surface area (Å²) < 4.78 is 0. The molecule has 0 amide bonds. The Balaban J connectivity index is 2.01. The van der Waals surface area contributed by atoms with E-state index in [-0.39, 0.29) is 0 Å². The van der Waals surface area contributed by atoms with Crippen molar-refractivity contribution >= 4 is 5.57 Å². The summed E-state index contributed by atoms with van der Waals surface area (Å²) in [5, 5.41) is 2.51. The van der Waals surface area contributed by atoms with E-state index in [4.69, 9.17) is 4.99 Å². The molecule has 2 aliphatic carbocycles. The fourth-order valence-electron chi connectivity index (χ4n) is 3.05. The predicted octanol–water partition coefficient (Wildman–Crippen LogP) is 2.24. The normalized spacial score (nSPS) is 21.2. The first-order valence-corrected chi connectivity index (χ1v) is 6.02. The number of benzene rings is 1. The smallest absolute Gasteiger partial charge is 0.0713 e. The largest absolute Gasteiger partial charge is 0.248 e. The molecule has 3 aliphatic rings. The number of allylic oxidation sites excluding steroid dienone is 4. The van der Waals surface area contributed by atoms with Crippen LogP contribution >= 0.6 is 0 Å². The van der Waals surface area contributed by atoms with Gasteiger partial charge in [0, 0.05) is 5.22 Å². The Kier molecular flexibility index (Phi) is 1.57. The Hall–Kier alpha value is -1.63. The molecule has 0 fully saturated rings. The molecule has 0 unspecified atom stereocenters. The number of fused-ring (bicyclic) bond motifs is 2. The lowest BCUT2D eigenvalue weighted by Gasteiger charge is -2.13. The van der Waals surface area contributed by atoms with Crippen LogP contribution in [0.15, 0.2) is 52.2 Å². The van der Waals surface area contributed by atoms with Gasteiger partial charge in [0.05, 0.1) is 11.1 Å². The molecule has 1 heteroatoms. The zero-order chi connectivity index (χ0) is 10.5. The third-order valence-corrected chi connectivity index (χ3v) is 3.86. The summed E-state index contributed by atoms with van der Waals surface area (Å²) in [5.74, 6) is 0. The van der Waals surface area contributed by atoms with E-state index in [1.54, 1.807) is 11.1 Å². The second kappa shape index (κ2) is 2.94. The van der Waals surface area contributed by atoms with Crippen molar-refractivity contribution in [2.75, 3.05) is 0 Å². The first-order chi connectivity index (χ1) is 7.92. The molecule has 4 rings (SSSR count). The van der Waals surface area contributed by atoms with Gasteiger partial charge in [-0.05, 0) is 49.0 Å². The summed E-state index contributed by atoms with van der Waals surface area (Å²) in [5.41, 5.74) is 5.90. The lowest BCUT2D eigenvalue weighted by Crippen LogP contribution is -2.22. The summed E-state index contributed by atoms with van der Waals surface area (Å²) in [6, 6.07) is 8.51. The summed E-state index contributed by atoms with van der Waals surface area (Å²) >= 11 is 0. The Morgan fingerprint density at radius 3 is 3.00 bits per heavy atom. The molecule has 1 aliphatic heterocycles. The number of hydrogen-bond donors (Lipinski definition) is 0. The lowest BCUT2D eigenvalue weighted by atomic mass is 9.93. The number of nitrogens with zero attached hydrogens (tertiary/aromatic N) is 1. The standard InChI is InChI=1S/C15H13N/c1-2-7-14-12(6-1)13-8-10-4-3-5-11(10)9-15(13)16-14/h1-2,6-7,9H,3-5,8H2. The number of hydrogen-bond acceptors (Lipinski definition) is 1. The molecular weight excluding hydrogens is 194 g/mol. The molecule has 0 radical (unpaired) electrons. The Morgan fingerprint density at radius 1 is 1.06 bits per heavy atom. The van der Waals surface area contributed by atoms with Crippen molar-refractivity contribution in [2.45, 2.75) is 25.7 Å². The van der Waals surface area contributed by atoms with E-state index in [1.165, 1.54) is 35.8 Å². The van der Waals surface area contributed by atoms with E-state index >= 15 is 0 Å². The molecule has 0 spiro atoms. The van der Waals surface area contributed by atoms with Crippen LogP contribution in [0.5, 0.6) is 0 Å². The van der Waals surface area contributed by atoms with E-state index in [0.29, 0.717) is 0 Å². The molecule has 0 bridgehead atoms. The Bertz CT molecular complexity index is 659. The van der Waals surface area contributed by atoms with Gasteiger partial charge in [0.15, 0.2) is 0 Å². The first kappa shape index (κ1) is 8.51. The molecular formula is C15H13N. The Labute approximate surface area is 94.5 Å². The average molecular weight is 207 g/mol. The third kappa shape index (κ3) is 1.03. The van der Waals surface area contributed by atoms with Crippen molar-refractivity contribution in [2.24, 2.45) is 4.99 Å². The van der Waals surface area contributed by atoms with Gasteiger partial charge in [-0.15, -0.1) is 0 Å². The molecule has 0 saturated carbocycles. The first-order valence-electron chi connectivity index (χ1n) is 6.02. The fraction of sp³-hybridized carbons (Fsp3) is 0.267. The van der Waals surface area contributed by atoms with Crippen molar-refractivity contribution in [3.05, 3.63) is 57.8 Å². The van der Waals surface area contributed by atoms with Crippen molar-refractivity contribution in [1.82, 2.24) is 0 Å². The van der Waals surface area contributed by atoms with E-state index in [1.807, 2.05) is 0 Å². The molecule has 1 aromatic carbocycles. The van der Waals surface area contributed by atoms with Crippen molar-refractivity contribution in [3.8, 4) is 0 Å². The molecule has 0 atom stereocenters. The zero-order valence-electron chi connectivity index (χ0n) is 9.16. The van der Waals surface area contributed by atoms with Crippen LogP contribution in [0.2, 0.25) is 0 Å². The van der Waals surface area contributed by atoms with Crippen LogP contribution < -0.4 is 10.6 Å². The van der Waals surface area contributed by atoms with Crippen LogP contribution in [0.3, 0.4) is 0 Å². The van der Waals surface area contributed by atoms with Crippen LogP contribution in [-0.2, 0) is 0 Å². The highest BCUT2D eigenvalue weighted by Gasteiger charge is 2.23. The quantitative estimate of drug-likeness (QED) is 0.618. The maximum Gasteiger partial charge on any atom is 0.0713 e. The van der Waals surface area contributed by atoms with E-state index in [2.05, 4.69) is 30.3 Å². The van der Waals surface area contributed by atoms with Gasteiger partial charge in [-0.3, -0.25) is 0 Å². The number of para-hydroxylation sites is 1. The molecule has 0 aromatic heterocycles. The fourth-order valence-corrected chi connectivity index (χ4v) is 3.05. The van der Waals surface area contributed by atoms with Crippen molar-refractivity contribution in [3.63, 3.8) is 0 Å². The van der Waals surface area contributed by atoms with E-state index in [0.717, 1.165) is 11.8 Å². The van der Waals surface area contributed by atoms with Gasteiger partial charge in [0.25, 0.3) is 0 Å². The third-order valence-electron chi connectivity index (χ3n) is 3.86. The van der Waals surface area contributed by atoms with Crippen LogP contribution in [-0.4, -0.2) is 0 Å². The minimum absolute atomic E-state index is 1.14.